The van der Waals surface area contributed by atoms with Crippen LogP contribution in [0.2, 0.25) is 0 Å². The van der Waals surface area contributed by atoms with Gasteiger partial charge in [0.2, 0.25) is 0 Å². The van der Waals surface area contributed by atoms with Gasteiger partial charge >= 0.3 is 0 Å². The van der Waals surface area contributed by atoms with Crippen molar-refractivity contribution in [1.82, 2.24) is 0 Å². The van der Waals surface area contributed by atoms with Gasteiger partial charge in [0.15, 0.2) is 0 Å². The fraction of sp³-hybridized carbons (Fsp3) is 0.920. The van der Waals surface area contributed by atoms with E-state index in [0.29, 0.717) is 0 Å². The summed E-state index contributed by atoms with van der Waals surface area (Å²) in [4.78, 5) is 0. The molecule has 0 spiro atoms. The van der Waals surface area contributed by atoms with Crippen molar-refractivity contribution >= 4 is 0 Å². The average molecular weight is 351 g/mol. The quantitative estimate of drug-likeness (QED) is 0.291. The molecule has 150 valence electrons. The first-order valence-electron chi connectivity index (χ1n) is 11.3. The lowest BCUT2D eigenvalue weighted by Gasteiger charge is -2.37. The minimum absolute atomic E-state index is 0.788. The molecule has 6 atom stereocenters. The summed E-state index contributed by atoms with van der Waals surface area (Å²) in [6, 6.07) is 0. The molecule has 0 amide bonds. The molecule has 0 bridgehead atoms. The van der Waals surface area contributed by atoms with Gasteiger partial charge in [0.05, 0.1) is 0 Å². The highest BCUT2D eigenvalue weighted by atomic mass is 14.4. The van der Waals surface area contributed by atoms with E-state index in [1.807, 2.05) is 0 Å². The Morgan fingerprint density at radius 2 is 1.40 bits per heavy atom. The molecule has 0 aromatic carbocycles. The molecule has 25 heavy (non-hydrogen) atoms. The van der Waals surface area contributed by atoms with E-state index in [9.17, 15) is 0 Å². The minimum atomic E-state index is 0.788. The van der Waals surface area contributed by atoms with Crippen molar-refractivity contribution in [2.45, 2.75) is 108 Å². The number of allylic oxidation sites excluding steroid dienone is 2. The van der Waals surface area contributed by atoms with Crippen LogP contribution in [0, 0.1) is 41.4 Å². The van der Waals surface area contributed by atoms with Gasteiger partial charge in [0.25, 0.3) is 0 Å². The lowest BCUT2D eigenvalue weighted by molar-refractivity contribution is 0.133. The highest BCUT2D eigenvalue weighted by Gasteiger charge is 2.30. The molecular formula is C25H50. The summed E-state index contributed by atoms with van der Waals surface area (Å²) in [5, 5.41) is 0. The Morgan fingerprint density at radius 1 is 0.800 bits per heavy atom. The number of hydrogen-bond donors (Lipinski definition) is 0. The zero-order valence-corrected chi connectivity index (χ0v) is 19.4. The van der Waals surface area contributed by atoms with E-state index < -0.39 is 0 Å². The van der Waals surface area contributed by atoms with Gasteiger partial charge in [-0.3, -0.25) is 0 Å². The van der Waals surface area contributed by atoms with Gasteiger partial charge in [-0.25, -0.2) is 0 Å². The molecule has 0 saturated heterocycles. The fourth-order valence-electron chi connectivity index (χ4n) is 4.57. The van der Waals surface area contributed by atoms with Gasteiger partial charge in [-0.05, 0) is 74.0 Å². The monoisotopic (exact) mass is 350 g/mol. The standard InChI is InChI=1S/C25H50/c1-11-14-20(7)15-22(9)23(10)25(18(4)5)17-24(21(8)13-3)16-19(6)12-2/h14,18-19,21-25H,11-13,15-17H2,1-10H3. The van der Waals surface area contributed by atoms with Gasteiger partial charge in [-0.1, -0.05) is 86.8 Å². The number of hydrogen-bond acceptors (Lipinski definition) is 0. The van der Waals surface area contributed by atoms with Crippen LogP contribution in [0.25, 0.3) is 0 Å². The molecule has 0 saturated carbocycles. The molecule has 6 unspecified atom stereocenters. The third kappa shape index (κ3) is 9.30. The van der Waals surface area contributed by atoms with Crippen molar-refractivity contribution < 1.29 is 0 Å². The smallest absolute Gasteiger partial charge is 0.0295 e. The molecule has 0 nitrogen and oxygen atoms in total. The van der Waals surface area contributed by atoms with Gasteiger partial charge in [0, 0.05) is 0 Å². The molecule has 0 heterocycles. The van der Waals surface area contributed by atoms with Crippen LogP contribution in [0.4, 0.5) is 0 Å². The molecule has 0 N–H and O–H groups in total. The van der Waals surface area contributed by atoms with Crippen molar-refractivity contribution in [3.8, 4) is 0 Å². The summed E-state index contributed by atoms with van der Waals surface area (Å²) in [6.45, 7) is 24.2. The van der Waals surface area contributed by atoms with E-state index in [-0.39, 0.29) is 0 Å². The van der Waals surface area contributed by atoms with Crippen molar-refractivity contribution in [2.75, 3.05) is 0 Å². The minimum Gasteiger partial charge on any atom is -0.0859 e. The first kappa shape index (κ1) is 24.7. The highest BCUT2D eigenvalue weighted by molar-refractivity contribution is 4.99. The molecule has 0 heteroatoms. The van der Waals surface area contributed by atoms with E-state index in [1.54, 1.807) is 5.57 Å². The van der Waals surface area contributed by atoms with Crippen LogP contribution in [0.3, 0.4) is 0 Å². The lowest BCUT2D eigenvalue weighted by atomic mass is 9.68. The zero-order chi connectivity index (χ0) is 19.6. The third-order valence-corrected chi connectivity index (χ3v) is 7.05. The summed E-state index contributed by atoms with van der Waals surface area (Å²) in [5.74, 6) is 5.87. The van der Waals surface area contributed by atoms with Crippen LogP contribution < -0.4 is 0 Å². The molecule has 0 aromatic heterocycles. The molecule has 0 fully saturated rings. The van der Waals surface area contributed by atoms with Crippen LogP contribution in [0.1, 0.15) is 108 Å². The molecule has 0 aromatic rings. The van der Waals surface area contributed by atoms with Gasteiger partial charge in [-0.2, -0.15) is 0 Å². The van der Waals surface area contributed by atoms with Crippen molar-refractivity contribution in [2.24, 2.45) is 41.4 Å². The van der Waals surface area contributed by atoms with Crippen LogP contribution in [0.5, 0.6) is 0 Å². The van der Waals surface area contributed by atoms with Crippen LogP contribution in [-0.2, 0) is 0 Å². The molecule has 0 aliphatic rings. The predicted molar refractivity (Wildman–Crippen MR) is 117 cm³/mol. The molecule has 0 aliphatic carbocycles. The summed E-state index contributed by atoms with van der Waals surface area (Å²) in [7, 11) is 0. The maximum atomic E-state index is 2.53. The Hall–Kier alpha value is -0.260. The van der Waals surface area contributed by atoms with Crippen LogP contribution in [-0.4, -0.2) is 0 Å². The lowest BCUT2D eigenvalue weighted by Crippen LogP contribution is -2.28. The maximum Gasteiger partial charge on any atom is -0.0295 e. The summed E-state index contributed by atoms with van der Waals surface area (Å²) >= 11 is 0. The van der Waals surface area contributed by atoms with Crippen molar-refractivity contribution in [3.05, 3.63) is 11.6 Å². The normalized spacial score (nSPS) is 20.2. The Morgan fingerprint density at radius 3 is 1.84 bits per heavy atom. The summed E-state index contributed by atoms with van der Waals surface area (Å²) in [5.41, 5.74) is 1.59. The second-order valence-corrected chi connectivity index (χ2v) is 9.54. The summed E-state index contributed by atoms with van der Waals surface area (Å²) < 4.78 is 0. The van der Waals surface area contributed by atoms with Crippen molar-refractivity contribution in [3.63, 3.8) is 0 Å². The molecular weight excluding hydrogens is 300 g/mol. The molecule has 0 rings (SSSR count). The van der Waals surface area contributed by atoms with E-state index in [1.165, 1.54) is 38.5 Å². The van der Waals surface area contributed by atoms with Crippen molar-refractivity contribution in [1.29, 1.82) is 0 Å². The first-order valence-corrected chi connectivity index (χ1v) is 11.3. The van der Waals surface area contributed by atoms with Gasteiger partial charge in [-0.15, -0.1) is 0 Å². The molecule has 0 aliphatic heterocycles. The summed E-state index contributed by atoms with van der Waals surface area (Å²) in [6.07, 6.45) is 10.4. The van der Waals surface area contributed by atoms with Crippen LogP contribution >= 0.6 is 0 Å². The van der Waals surface area contributed by atoms with E-state index in [0.717, 1.165) is 41.4 Å². The number of rotatable bonds is 13. The highest BCUT2D eigenvalue weighted by Crippen LogP contribution is 2.39. The second kappa shape index (κ2) is 13.0. The first-order chi connectivity index (χ1) is 11.7. The Balaban J connectivity index is 5.12. The average Bonchev–Trinajstić information content (AvgIpc) is 2.56. The zero-order valence-electron chi connectivity index (χ0n) is 19.4. The largest absolute Gasteiger partial charge is 0.0859 e. The van der Waals surface area contributed by atoms with Crippen LogP contribution in [0.15, 0.2) is 11.6 Å². The van der Waals surface area contributed by atoms with E-state index in [4.69, 9.17) is 0 Å². The molecule has 0 radical (unpaired) electrons. The van der Waals surface area contributed by atoms with E-state index in [2.05, 4.69) is 75.3 Å². The predicted octanol–water partition coefficient (Wildman–Crippen LogP) is 8.77. The topological polar surface area (TPSA) is 0 Å². The third-order valence-electron chi connectivity index (χ3n) is 7.05. The van der Waals surface area contributed by atoms with Gasteiger partial charge < -0.3 is 0 Å². The fourth-order valence-corrected chi connectivity index (χ4v) is 4.57. The Labute approximate surface area is 161 Å². The Kier molecular flexibility index (Phi) is 12.9. The Bertz CT molecular complexity index is 351. The SMILES string of the molecule is CCC=C(C)CC(C)C(C)C(CC(CC(C)CC)C(C)CC)C(C)C. The van der Waals surface area contributed by atoms with Gasteiger partial charge in [0.1, 0.15) is 0 Å². The maximum absolute atomic E-state index is 2.53. The van der Waals surface area contributed by atoms with E-state index >= 15 is 0 Å². The second-order valence-electron chi connectivity index (χ2n) is 9.54.